The van der Waals surface area contributed by atoms with Gasteiger partial charge in [0.15, 0.2) is 6.17 Å². The van der Waals surface area contributed by atoms with Gasteiger partial charge in [-0.25, -0.2) is 0 Å². The van der Waals surface area contributed by atoms with Gasteiger partial charge >= 0.3 is 0 Å². The van der Waals surface area contributed by atoms with E-state index >= 15 is 0 Å². The molecular formula is C24H25N5. The molecule has 29 heavy (non-hydrogen) atoms. The second-order valence-electron chi connectivity index (χ2n) is 8.56. The number of allylic oxidation sites excluding steroid dienone is 1. The lowest BCUT2D eigenvalue weighted by atomic mass is 10.1. The summed E-state index contributed by atoms with van der Waals surface area (Å²) in [6.07, 6.45) is 13.0. The number of hydrogen-bond acceptors (Lipinski definition) is 4. The third-order valence-electron chi connectivity index (χ3n) is 6.84. The van der Waals surface area contributed by atoms with Crippen molar-refractivity contribution in [1.82, 2.24) is 9.47 Å². The average Bonchev–Trinajstić information content (AvgIpc) is 3.37. The van der Waals surface area contributed by atoms with Crippen LogP contribution in [0.1, 0.15) is 74.5 Å². The van der Waals surface area contributed by atoms with Crippen LogP contribution in [-0.2, 0) is 0 Å². The van der Waals surface area contributed by atoms with Gasteiger partial charge in [0.2, 0.25) is 0 Å². The Bertz CT molecular complexity index is 1080. The second kappa shape index (κ2) is 7.08. The maximum atomic E-state index is 10.2. The van der Waals surface area contributed by atoms with Crippen molar-refractivity contribution < 1.29 is 0 Å². The fourth-order valence-corrected chi connectivity index (χ4v) is 5.15. The van der Waals surface area contributed by atoms with Crippen molar-refractivity contribution in [2.24, 2.45) is 10.9 Å². The van der Waals surface area contributed by atoms with Gasteiger partial charge in [0.05, 0.1) is 28.4 Å². The van der Waals surface area contributed by atoms with Crippen LogP contribution in [0.5, 0.6) is 0 Å². The van der Waals surface area contributed by atoms with Gasteiger partial charge in [0.1, 0.15) is 6.07 Å². The molecule has 0 radical (unpaired) electrons. The van der Waals surface area contributed by atoms with Crippen molar-refractivity contribution >= 4 is 17.1 Å². The largest absolute Gasteiger partial charge is 0.348 e. The third-order valence-corrected chi connectivity index (χ3v) is 6.84. The molecule has 1 aromatic heterocycles. The Hall–Kier alpha value is -3.05. The van der Waals surface area contributed by atoms with Crippen LogP contribution in [0, 0.1) is 28.6 Å². The smallest absolute Gasteiger partial charge is 0.163 e. The van der Waals surface area contributed by atoms with E-state index in [-0.39, 0.29) is 6.17 Å². The minimum atomic E-state index is -0.191. The molecule has 2 aromatic rings. The van der Waals surface area contributed by atoms with Crippen molar-refractivity contribution in [3.05, 3.63) is 47.3 Å². The molecule has 0 N–H and O–H groups in total. The van der Waals surface area contributed by atoms with E-state index in [2.05, 4.69) is 34.7 Å². The molecule has 1 aliphatic heterocycles. The number of aromatic nitrogens is 1. The molecular weight excluding hydrogens is 358 g/mol. The molecule has 5 nitrogen and oxygen atoms in total. The van der Waals surface area contributed by atoms with Crippen LogP contribution < -0.4 is 0 Å². The van der Waals surface area contributed by atoms with Crippen LogP contribution in [0.4, 0.5) is 0 Å². The number of hydrogen-bond donors (Lipinski definition) is 0. The highest BCUT2D eigenvalue weighted by Crippen LogP contribution is 2.44. The van der Waals surface area contributed by atoms with Gasteiger partial charge in [-0.15, -0.1) is 0 Å². The average molecular weight is 383 g/mol. The zero-order valence-electron chi connectivity index (χ0n) is 16.8. The molecule has 0 bridgehead atoms. The Kier molecular flexibility index (Phi) is 4.40. The molecule has 2 atom stereocenters. The fraction of sp³-hybridized carbons (Fsp3) is 0.458. The predicted octanol–water partition coefficient (Wildman–Crippen LogP) is 5.20. The maximum absolute atomic E-state index is 10.2. The number of nitrogens with zero attached hydrogens (tertiary/aromatic N) is 5. The fourth-order valence-electron chi connectivity index (χ4n) is 5.15. The van der Waals surface area contributed by atoms with Gasteiger partial charge in [0.25, 0.3) is 0 Å². The molecule has 2 fully saturated rings. The lowest BCUT2D eigenvalue weighted by Gasteiger charge is -2.36. The number of benzene rings is 1. The molecule has 2 saturated carbocycles. The maximum Gasteiger partial charge on any atom is 0.163 e. The summed E-state index contributed by atoms with van der Waals surface area (Å²) < 4.78 is 2.38. The Balaban J connectivity index is 1.74. The molecule has 5 rings (SSSR count). The van der Waals surface area contributed by atoms with E-state index < -0.39 is 0 Å². The highest BCUT2D eigenvalue weighted by Gasteiger charge is 2.38. The van der Waals surface area contributed by atoms with Crippen molar-refractivity contribution in [3.63, 3.8) is 0 Å². The van der Waals surface area contributed by atoms with Gasteiger partial charge in [-0.2, -0.15) is 10.5 Å². The lowest BCUT2D eigenvalue weighted by Crippen LogP contribution is -2.35. The minimum absolute atomic E-state index is 0.191. The summed E-state index contributed by atoms with van der Waals surface area (Å²) in [5.74, 6) is 0.704. The van der Waals surface area contributed by atoms with E-state index in [1.807, 2.05) is 30.5 Å². The van der Waals surface area contributed by atoms with E-state index in [0.717, 1.165) is 29.4 Å². The normalized spacial score (nSPS) is 22.7. The first-order valence-electron chi connectivity index (χ1n) is 10.7. The van der Waals surface area contributed by atoms with E-state index in [1.54, 1.807) is 0 Å². The van der Waals surface area contributed by atoms with Crippen LogP contribution in [0.2, 0.25) is 0 Å². The quantitative estimate of drug-likeness (QED) is 0.729. The Morgan fingerprint density at radius 1 is 1.10 bits per heavy atom. The number of nitriles is 2. The minimum Gasteiger partial charge on any atom is -0.348 e. The van der Waals surface area contributed by atoms with Gasteiger partial charge < -0.3 is 9.47 Å². The predicted molar refractivity (Wildman–Crippen MR) is 113 cm³/mol. The van der Waals surface area contributed by atoms with E-state index in [1.165, 1.54) is 25.7 Å². The summed E-state index contributed by atoms with van der Waals surface area (Å²) in [5, 5.41) is 20.5. The van der Waals surface area contributed by atoms with Crippen LogP contribution in [0.15, 0.2) is 35.5 Å². The van der Waals surface area contributed by atoms with Crippen LogP contribution in [0.25, 0.3) is 10.9 Å². The third kappa shape index (κ3) is 2.93. The summed E-state index contributed by atoms with van der Waals surface area (Å²) in [6.45, 7) is 2.28. The summed E-state index contributed by atoms with van der Waals surface area (Å²) >= 11 is 0. The van der Waals surface area contributed by atoms with Crippen LogP contribution in [-0.4, -0.2) is 21.7 Å². The second-order valence-corrected chi connectivity index (χ2v) is 8.56. The number of rotatable bonds is 4. The monoisotopic (exact) mass is 383 g/mol. The molecule has 2 heterocycles. The molecule has 3 aliphatic rings. The van der Waals surface area contributed by atoms with E-state index in [9.17, 15) is 10.5 Å². The molecule has 1 aromatic carbocycles. The molecule has 0 spiro atoms. The zero-order valence-corrected chi connectivity index (χ0v) is 16.8. The van der Waals surface area contributed by atoms with E-state index in [0.29, 0.717) is 29.1 Å². The summed E-state index contributed by atoms with van der Waals surface area (Å²) in [4.78, 5) is 7.20. The van der Waals surface area contributed by atoms with Gasteiger partial charge in [0, 0.05) is 29.9 Å². The van der Waals surface area contributed by atoms with Crippen molar-refractivity contribution in [2.45, 2.75) is 63.7 Å². The first-order valence-corrected chi connectivity index (χ1v) is 10.7. The molecule has 1 unspecified atom stereocenters. The number of aliphatic imine (C=N–C) groups is 1. The molecule has 0 amide bonds. The lowest BCUT2D eigenvalue weighted by molar-refractivity contribution is 0.192. The highest BCUT2D eigenvalue weighted by atomic mass is 15.3. The van der Waals surface area contributed by atoms with Crippen LogP contribution in [0.3, 0.4) is 0 Å². The van der Waals surface area contributed by atoms with Crippen LogP contribution >= 0.6 is 0 Å². The molecule has 5 heteroatoms. The van der Waals surface area contributed by atoms with Crippen molar-refractivity contribution in [3.8, 4) is 12.1 Å². The standard InChI is InChI=1S/C24H25N5/c1-16(18-8-9-18)28-12-4-11-27-24(28)23-21(15-26)20-13-17(14-25)7-10-22(20)29(23)19-5-2-3-6-19/h4,7,10-13,16,18-19,24H,2-3,5-6,8-9H2,1H3/t16-,24?/m0/s1. The van der Waals surface area contributed by atoms with E-state index in [4.69, 9.17) is 4.99 Å². The number of fused-ring (bicyclic) bond motifs is 1. The zero-order chi connectivity index (χ0) is 20.0. The SMILES string of the molecule is C[C@@H](C1CC1)N1C=CC=NC1c1c(C#N)c2cc(C#N)ccc2n1C1CCCC1. The van der Waals surface area contributed by atoms with Gasteiger partial charge in [-0.1, -0.05) is 12.8 Å². The topological polar surface area (TPSA) is 68.1 Å². The van der Waals surface area contributed by atoms with Gasteiger partial charge in [-0.05, 0) is 62.8 Å². The van der Waals surface area contributed by atoms with Crippen molar-refractivity contribution in [2.75, 3.05) is 0 Å². The summed E-state index contributed by atoms with van der Waals surface area (Å²) in [6, 6.07) is 11.3. The molecule has 146 valence electrons. The molecule has 2 aliphatic carbocycles. The highest BCUT2D eigenvalue weighted by molar-refractivity contribution is 5.90. The first-order chi connectivity index (χ1) is 14.2. The van der Waals surface area contributed by atoms with Crippen molar-refractivity contribution in [1.29, 1.82) is 10.5 Å². The summed E-state index contributed by atoms with van der Waals surface area (Å²) in [7, 11) is 0. The summed E-state index contributed by atoms with van der Waals surface area (Å²) in [5.41, 5.74) is 3.33. The molecule has 0 saturated heterocycles. The first kappa shape index (κ1) is 18.0. The van der Waals surface area contributed by atoms with Gasteiger partial charge in [-0.3, -0.25) is 4.99 Å². The Labute approximate surface area is 171 Å². The Morgan fingerprint density at radius 2 is 1.90 bits per heavy atom. The Morgan fingerprint density at radius 3 is 2.59 bits per heavy atom.